The Bertz CT molecular complexity index is 782. The van der Waals surface area contributed by atoms with E-state index in [2.05, 4.69) is 21.9 Å². The lowest BCUT2D eigenvalue weighted by Crippen LogP contribution is -2.07. The Labute approximate surface area is 154 Å². The van der Waals surface area contributed by atoms with Crippen molar-refractivity contribution in [2.24, 2.45) is 0 Å². The van der Waals surface area contributed by atoms with Gasteiger partial charge in [0.2, 0.25) is 0 Å². The molecule has 0 aliphatic carbocycles. The first-order valence-corrected chi connectivity index (χ1v) is 8.49. The number of rotatable bonds is 9. The summed E-state index contributed by atoms with van der Waals surface area (Å²) in [5.74, 6) is -0.356. The zero-order chi connectivity index (χ0) is 18.8. The van der Waals surface area contributed by atoms with Crippen molar-refractivity contribution >= 4 is 5.82 Å². The largest absolute Gasteiger partial charge is 0.459 e. The number of benzene rings is 1. The first-order valence-electron chi connectivity index (χ1n) is 8.49. The number of aryl methyl sites for hydroxylation is 1. The van der Waals surface area contributed by atoms with E-state index in [0.717, 1.165) is 23.8 Å². The van der Waals surface area contributed by atoms with Gasteiger partial charge in [-0.15, -0.1) is 0 Å². The van der Waals surface area contributed by atoms with E-state index in [0.29, 0.717) is 13.2 Å². The molecule has 2 aromatic rings. The highest BCUT2D eigenvalue weighted by molar-refractivity contribution is 5.36. The Hall–Kier alpha value is -2.95. The number of hydrogen-bond donors (Lipinski definition) is 1. The molecule has 0 bridgehead atoms. The highest BCUT2D eigenvalue weighted by Gasteiger charge is 2.07. The molecule has 4 nitrogen and oxygen atoms in total. The van der Waals surface area contributed by atoms with Crippen molar-refractivity contribution in [3.05, 3.63) is 83.9 Å². The van der Waals surface area contributed by atoms with Crippen LogP contribution >= 0.6 is 0 Å². The fourth-order valence-electron chi connectivity index (χ4n) is 2.16. The molecule has 136 valence electrons. The summed E-state index contributed by atoms with van der Waals surface area (Å²) in [6, 6.07) is 8.13. The standard InChI is InChI=1S/C21H24FN3O/c1-4-7-16(2)8-5-6-13-23-20-19(22)14-24-21(25-20)26-15-18-11-9-17(3)10-12-18/h4-5,7-12,14H,1,6,13,15H2,2-3H3,(H,23,24,25)/b8-5-,16-7-. The first-order chi connectivity index (χ1) is 12.6. The summed E-state index contributed by atoms with van der Waals surface area (Å²) in [4.78, 5) is 7.98. The van der Waals surface area contributed by atoms with Gasteiger partial charge in [-0.3, -0.25) is 0 Å². The van der Waals surface area contributed by atoms with Gasteiger partial charge >= 0.3 is 6.01 Å². The molecule has 0 fully saturated rings. The molecule has 0 amide bonds. The van der Waals surface area contributed by atoms with E-state index in [1.165, 1.54) is 5.56 Å². The van der Waals surface area contributed by atoms with Gasteiger partial charge in [0.05, 0.1) is 6.20 Å². The van der Waals surface area contributed by atoms with E-state index in [1.807, 2.05) is 56.3 Å². The number of nitrogens with one attached hydrogen (secondary N) is 1. The number of hydrogen-bond acceptors (Lipinski definition) is 4. The first kappa shape index (κ1) is 19.4. The maximum absolute atomic E-state index is 13.8. The summed E-state index contributed by atoms with van der Waals surface area (Å²) < 4.78 is 19.4. The van der Waals surface area contributed by atoms with Gasteiger partial charge in [0, 0.05) is 6.54 Å². The van der Waals surface area contributed by atoms with Crippen LogP contribution in [0.4, 0.5) is 10.2 Å². The molecule has 1 aromatic carbocycles. The summed E-state index contributed by atoms with van der Waals surface area (Å²) in [5, 5.41) is 2.97. The fourth-order valence-corrected chi connectivity index (χ4v) is 2.16. The van der Waals surface area contributed by atoms with Crippen molar-refractivity contribution < 1.29 is 9.13 Å². The van der Waals surface area contributed by atoms with E-state index in [-0.39, 0.29) is 11.8 Å². The van der Waals surface area contributed by atoms with Crippen molar-refractivity contribution in [3.63, 3.8) is 0 Å². The lowest BCUT2D eigenvalue weighted by atomic mass is 10.2. The van der Waals surface area contributed by atoms with E-state index in [1.54, 1.807) is 6.08 Å². The van der Waals surface area contributed by atoms with Crippen LogP contribution in [0.15, 0.2) is 66.9 Å². The number of aromatic nitrogens is 2. The SMILES string of the molecule is C=C/C=C(C)\C=C/CCNc1nc(OCc2ccc(C)cc2)ncc1F. The van der Waals surface area contributed by atoms with Gasteiger partial charge in [-0.2, -0.15) is 4.98 Å². The average Bonchev–Trinajstić information content (AvgIpc) is 2.63. The molecule has 0 spiro atoms. The van der Waals surface area contributed by atoms with E-state index < -0.39 is 5.82 Å². The van der Waals surface area contributed by atoms with Crippen molar-refractivity contribution in [3.8, 4) is 6.01 Å². The van der Waals surface area contributed by atoms with E-state index in [9.17, 15) is 4.39 Å². The van der Waals surface area contributed by atoms with E-state index in [4.69, 9.17) is 4.74 Å². The second kappa shape index (κ2) is 10.1. The molecule has 0 atom stereocenters. The summed E-state index contributed by atoms with van der Waals surface area (Å²) in [7, 11) is 0. The van der Waals surface area contributed by atoms with Crippen molar-refractivity contribution in [1.82, 2.24) is 9.97 Å². The zero-order valence-electron chi connectivity index (χ0n) is 15.2. The lowest BCUT2D eigenvalue weighted by Gasteiger charge is -2.08. The molecule has 0 saturated carbocycles. The fraction of sp³-hybridized carbons (Fsp3) is 0.238. The third kappa shape index (κ3) is 6.51. The number of anilines is 1. The monoisotopic (exact) mass is 353 g/mol. The van der Waals surface area contributed by atoms with Gasteiger partial charge < -0.3 is 10.1 Å². The van der Waals surface area contributed by atoms with Crippen LogP contribution in [0.25, 0.3) is 0 Å². The summed E-state index contributed by atoms with van der Waals surface area (Å²) in [5.41, 5.74) is 3.30. The van der Waals surface area contributed by atoms with Gasteiger partial charge in [-0.1, -0.05) is 66.3 Å². The van der Waals surface area contributed by atoms with Crippen molar-refractivity contribution in [2.45, 2.75) is 26.9 Å². The molecule has 1 aromatic heterocycles. The average molecular weight is 353 g/mol. The van der Waals surface area contributed by atoms with Crippen LogP contribution < -0.4 is 10.1 Å². The number of nitrogens with zero attached hydrogens (tertiary/aromatic N) is 2. The molecule has 1 heterocycles. The van der Waals surface area contributed by atoms with Crippen LogP contribution in [0.5, 0.6) is 6.01 Å². The van der Waals surface area contributed by atoms with Gasteiger partial charge in [0.1, 0.15) is 6.61 Å². The molecular formula is C21H24FN3O. The summed E-state index contributed by atoms with van der Waals surface area (Å²) >= 11 is 0. The Kier molecular flexibility index (Phi) is 7.55. The minimum atomic E-state index is -0.501. The molecule has 1 N–H and O–H groups in total. The van der Waals surface area contributed by atoms with Crippen molar-refractivity contribution in [1.29, 1.82) is 0 Å². The summed E-state index contributed by atoms with van der Waals surface area (Å²) in [6.07, 6.45) is 9.53. The Morgan fingerprint density at radius 2 is 2.08 bits per heavy atom. The van der Waals surface area contributed by atoms with E-state index >= 15 is 0 Å². The highest BCUT2D eigenvalue weighted by atomic mass is 19.1. The zero-order valence-corrected chi connectivity index (χ0v) is 15.2. The van der Waals surface area contributed by atoms with Gasteiger partial charge in [-0.05, 0) is 25.8 Å². The Balaban J connectivity index is 1.87. The smallest absolute Gasteiger partial charge is 0.318 e. The molecule has 0 unspecified atom stereocenters. The van der Waals surface area contributed by atoms with Crippen LogP contribution in [-0.2, 0) is 6.61 Å². The van der Waals surface area contributed by atoms with Gasteiger partial charge in [0.25, 0.3) is 0 Å². The predicted molar refractivity (Wildman–Crippen MR) is 104 cm³/mol. The molecular weight excluding hydrogens is 329 g/mol. The number of ether oxygens (including phenoxy) is 1. The van der Waals surface area contributed by atoms with Crippen molar-refractivity contribution in [2.75, 3.05) is 11.9 Å². The molecule has 0 aliphatic heterocycles. The normalized spacial score (nSPS) is 11.6. The molecule has 0 radical (unpaired) electrons. The molecule has 5 heteroatoms. The lowest BCUT2D eigenvalue weighted by molar-refractivity contribution is 0.280. The number of halogens is 1. The third-order valence-electron chi connectivity index (χ3n) is 3.58. The third-order valence-corrected chi connectivity index (χ3v) is 3.58. The number of allylic oxidation sites excluding steroid dienone is 4. The maximum atomic E-state index is 13.8. The minimum absolute atomic E-state index is 0.144. The molecule has 2 rings (SSSR count). The maximum Gasteiger partial charge on any atom is 0.318 e. The predicted octanol–water partition coefficient (Wildman–Crippen LogP) is 4.99. The quantitative estimate of drug-likeness (QED) is 0.509. The molecule has 26 heavy (non-hydrogen) atoms. The highest BCUT2D eigenvalue weighted by Crippen LogP contribution is 2.15. The second-order valence-corrected chi connectivity index (χ2v) is 5.89. The van der Waals surface area contributed by atoms with Crippen LogP contribution in [0.2, 0.25) is 0 Å². The Morgan fingerprint density at radius 3 is 2.81 bits per heavy atom. The summed E-state index contributed by atoms with van der Waals surface area (Å²) in [6.45, 7) is 8.56. The second-order valence-electron chi connectivity index (χ2n) is 5.89. The topological polar surface area (TPSA) is 47.0 Å². The molecule has 0 aliphatic rings. The minimum Gasteiger partial charge on any atom is -0.459 e. The van der Waals surface area contributed by atoms with Crippen LogP contribution in [0, 0.1) is 12.7 Å². The molecule has 0 saturated heterocycles. The van der Waals surface area contributed by atoms with Crippen LogP contribution in [-0.4, -0.2) is 16.5 Å². The van der Waals surface area contributed by atoms with Gasteiger partial charge in [0.15, 0.2) is 11.6 Å². The van der Waals surface area contributed by atoms with Crippen LogP contribution in [0.3, 0.4) is 0 Å². The van der Waals surface area contributed by atoms with Crippen LogP contribution in [0.1, 0.15) is 24.5 Å². The van der Waals surface area contributed by atoms with Gasteiger partial charge in [-0.25, -0.2) is 9.37 Å². The Morgan fingerprint density at radius 1 is 1.31 bits per heavy atom.